The average molecular weight is 138 g/mol. The van der Waals surface area contributed by atoms with Crippen molar-refractivity contribution < 1.29 is 0 Å². The predicted molar refractivity (Wildman–Crippen MR) is 46.0 cm³/mol. The van der Waals surface area contributed by atoms with Crippen LogP contribution in [0.2, 0.25) is 0 Å². The lowest BCUT2D eigenvalue weighted by Gasteiger charge is -2.14. The number of hydrogen-bond acceptors (Lipinski definition) is 0. The van der Waals surface area contributed by atoms with Crippen molar-refractivity contribution >= 4 is 0 Å². The molecule has 0 aliphatic heterocycles. The quantitative estimate of drug-likeness (QED) is 0.486. The Hall–Kier alpha value is -0.260. The summed E-state index contributed by atoms with van der Waals surface area (Å²) >= 11 is 0. The van der Waals surface area contributed by atoms with Gasteiger partial charge in [-0.15, -0.1) is 0 Å². The van der Waals surface area contributed by atoms with E-state index in [4.69, 9.17) is 0 Å². The molecule has 0 nitrogen and oxygen atoms in total. The molecule has 0 radical (unpaired) electrons. The van der Waals surface area contributed by atoms with E-state index in [2.05, 4.69) is 26.8 Å². The number of rotatable bonds is 1. The first-order valence-corrected chi connectivity index (χ1v) is 4.32. The molecule has 10 heavy (non-hydrogen) atoms. The van der Waals surface area contributed by atoms with Gasteiger partial charge in [-0.25, -0.2) is 0 Å². The smallest absolute Gasteiger partial charge is 0.0269 e. The van der Waals surface area contributed by atoms with Gasteiger partial charge in [-0.05, 0) is 31.1 Å². The Morgan fingerprint density at radius 2 is 2.20 bits per heavy atom. The zero-order valence-electron chi connectivity index (χ0n) is 7.41. The summed E-state index contributed by atoms with van der Waals surface area (Å²) in [6.45, 7) is 6.95. The summed E-state index contributed by atoms with van der Waals surface area (Å²) in [5.74, 6) is 0. The number of hydrogen-bond donors (Lipinski definition) is 0. The zero-order valence-corrected chi connectivity index (χ0v) is 7.41. The van der Waals surface area contributed by atoms with Crippen LogP contribution >= 0.6 is 0 Å². The van der Waals surface area contributed by atoms with Gasteiger partial charge >= 0.3 is 0 Å². The largest absolute Gasteiger partial charge is 0.0856 e. The minimum Gasteiger partial charge on any atom is -0.0856 e. The van der Waals surface area contributed by atoms with Crippen LogP contribution in [0.3, 0.4) is 0 Å². The molecule has 0 spiro atoms. The molecule has 0 saturated heterocycles. The monoisotopic (exact) mass is 138 g/mol. The summed E-state index contributed by atoms with van der Waals surface area (Å²) in [4.78, 5) is 0. The van der Waals surface area contributed by atoms with E-state index in [9.17, 15) is 0 Å². The lowest BCUT2D eigenvalue weighted by molar-refractivity contribution is 0.389. The summed E-state index contributed by atoms with van der Waals surface area (Å²) < 4.78 is 0. The van der Waals surface area contributed by atoms with Crippen molar-refractivity contribution in [1.29, 1.82) is 0 Å². The Balaban J connectivity index is 2.51. The predicted octanol–water partition coefficient (Wildman–Crippen LogP) is 3.53. The minimum atomic E-state index is 0.598. The fraction of sp³-hybridized carbons (Fsp3) is 0.800. The molecule has 1 aliphatic carbocycles. The van der Waals surface area contributed by atoms with Crippen molar-refractivity contribution in [1.82, 2.24) is 0 Å². The molecule has 0 heterocycles. The van der Waals surface area contributed by atoms with Gasteiger partial charge < -0.3 is 0 Å². The number of allylic oxidation sites excluding steroid dienone is 2. The molecule has 0 atom stereocenters. The van der Waals surface area contributed by atoms with E-state index in [0.717, 1.165) is 0 Å². The maximum absolute atomic E-state index is 2.40. The van der Waals surface area contributed by atoms with E-state index in [0.29, 0.717) is 5.41 Å². The van der Waals surface area contributed by atoms with Crippen LogP contribution in [-0.4, -0.2) is 0 Å². The SMILES string of the molecule is CC/C=C1\CCC(C)(C)C1. The second-order valence-electron chi connectivity index (χ2n) is 4.11. The Labute approximate surface area is 64.3 Å². The third-order valence-electron chi connectivity index (χ3n) is 2.32. The third kappa shape index (κ3) is 1.86. The van der Waals surface area contributed by atoms with Gasteiger partial charge in [0.05, 0.1) is 0 Å². The van der Waals surface area contributed by atoms with Gasteiger partial charge in [-0.1, -0.05) is 32.4 Å². The molecule has 1 saturated carbocycles. The molecule has 0 aromatic rings. The molecule has 0 unspecified atom stereocenters. The van der Waals surface area contributed by atoms with Crippen molar-refractivity contribution in [2.75, 3.05) is 0 Å². The molecule has 0 bridgehead atoms. The van der Waals surface area contributed by atoms with Crippen LogP contribution in [0.15, 0.2) is 11.6 Å². The van der Waals surface area contributed by atoms with E-state index < -0.39 is 0 Å². The van der Waals surface area contributed by atoms with E-state index >= 15 is 0 Å². The molecular weight excluding hydrogens is 120 g/mol. The van der Waals surface area contributed by atoms with Gasteiger partial charge in [0.1, 0.15) is 0 Å². The van der Waals surface area contributed by atoms with Crippen molar-refractivity contribution in [2.45, 2.75) is 46.5 Å². The highest BCUT2D eigenvalue weighted by Crippen LogP contribution is 2.40. The van der Waals surface area contributed by atoms with Crippen LogP contribution in [0.5, 0.6) is 0 Å². The van der Waals surface area contributed by atoms with Gasteiger partial charge in [0.15, 0.2) is 0 Å². The Bertz CT molecular complexity index is 140. The van der Waals surface area contributed by atoms with E-state index in [1.807, 2.05) is 0 Å². The summed E-state index contributed by atoms with van der Waals surface area (Å²) in [6.07, 6.45) is 7.68. The third-order valence-corrected chi connectivity index (χ3v) is 2.32. The fourth-order valence-corrected chi connectivity index (χ4v) is 1.75. The van der Waals surface area contributed by atoms with Gasteiger partial charge in [-0.3, -0.25) is 0 Å². The van der Waals surface area contributed by atoms with E-state index in [1.165, 1.54) is 25.7 Å². The molecule has 0 aromatic heterocycles. The van der Waals surface area contributed by atoms with Crippen LogP contribution in [-0.2, 0) is 0 Å². The molecule has 0 aromatic carbocycles. The lowest BCUT2D eigenvalue weighted by atomic mass is 9.91. The van der Waals surface area contributed by atoms with Crippen LogP contribution < -0.4 is 0 Å². The fourth-order valence-electron chi connectivity index (χ4n) is 1.75. The molecule has 1 fully saturated rings. The Morgan fingerprint density at radius 3 is 2.60 bits per heavy atom. The summed E-state index contributed by atoms with van der Waals surface area (Å²) in [6, 6.07) is 0. The molecule has 0 heteroatoms. The van der Waals surface area contributed by atoms with Gasteiger partial charge in [0, 0.05) is 0 Å². The first-order valence-electron chi connectivity index (χ1n) is 4.32. The zero-order chi connectivity index (χ0) is 7.61. The van der Waals surface area contributed by atoms with Gasteiger partial charge in [-0.2, -0.15) is 0 Å². The van der Waals surface area contributed by atoms with E-state index in [1.54, 1.807) is 5.57 Å². The highest BCUT2D eigenvalue weighted by atomic mass is 14.3. The first-order chi connectivity index (χ1) is 4.64. The van der Waals surface area contributed by atoms with Crippen molar-refractivity contribution in [2.24, 2.45) is 5.41 Å². The van der Waals surface area contributed by atoms with Crippen molar-refractivity contribution in [3.8, 4) is 0 Å². The van der Waals surface area contributed by atoms with Crippen LogP contribution in [0.1, 0.15) is 46.5 Å². The van der Waals surface area contributed by atoms with Gasteiger partial charge in [0.2, 0.25) is 0 Å². The molecule has 58 valence electrons. The standard InChI is InChI=1S/C10H18/c1-4-5-9-6-7-10(2,3)8-9/h5H,4,6-8H2,1-3H3/b9-5+. The Kier molecular flexibility index (Phi) is 2.18. The second kappa shape index (κ2) is 2.77. The lowest BCUT2D eigenvalue weighted by Crippen LogP contribution is -2.02. The summed E-state index contributed by atoms with van der Waals surface area (Å²) in [7, 11) is 0. The molecule has 1 aliphatic rings. The maximum Gasteiger partial charge on any atom is -0.0269 e. The van der Waals surface area contributed by atoms with Crippen LogP contribution in [0.25, 0.3) is 0 Å². The molecule has 0 amide bonds. The molecular formula is C10H18. The summed E-state index contributed by atoms with van der Waals surface area (Å²) in [5.41, 5.74) is 2.29. The maximum atomic E-state index is 2.40. The van der Waals surface area contributed by atoms with E-state index in [-0.39, 0.29) is 0 Å². The van der Waals surface area contributed by atoms with Gasteiger partial charge in [0.25, 0.3) is 0 Å². The highest BCUT2D eigenvalue weighted by Gasteiger charge is 2.25. The molecule has 1 rings (SSSR count). The van der Waals surface area contributed by atoms with Crippen molar-refractivity contribution in [3.63, 3.8) is 0 Å². The average Bonchev–Trinajstić information content (AvgIpc) is 2.12. The van der Waals surface area contributed by atoms with Crippen LogP contribution in [0, 0.1) is 5.41 Å². The topological polar surface area (TPSA) is 0 Å². The highest BCUT2D eigenvalue weighted by molar-refractivity contribution is 5.10. The first kappa shape index (κ1) is 7.84. The van der Waals surface area contributed by atoms with Crippen LogP contribution in [0.4, 0.5) is 0 Å². The summed E-state index contributed by atoms with van der Waals surface area (Å²) in [5, 5.41) is 0. The second-order valence-corrected chi connectivity index (χ2v) is 4.11. The van der Waals surface area contributed by atoms with Crippen molar-refractivity contribution in [3.05, 3.63) is 11.6 Å². The molecule has 0 N–H and O–H groups in total. The Morgan fingerprint density at radius 1 is 1.50 bits per heavy atom. The normalized spacial score (nSPS) is 27.7. The minimum absolute atomic E-state index is 0.598.